The number of piperidine rings is 1. The van der Waals surface area contributed by atoms with Crippen molar-refractivity contribution in [3.05, 3.63) is 34.2 Å². The number of hydrogen-bond donors (Lipinski definition) is 2. The first-order valence-electron chi connectivity index (χ1n) is 11.0. The van der Waals surface area contributed by atoms with Gasteiger partial charge in [-0.05, 0) is 25.3 Å². The summed E-state index contributed by atoms with van der Waals surface area (Å²) in [5, 5.41) is 9.86. The van der Waals surface area contributed by atoms with Gasteiger partial charge in [-0.1, -0.05) is 6.07 Å². The van der Waals surface area contributed by atoms with Crippen molar-refractivity contribution in [3.63, 3.8) is 0 Å². The van der Waals surface area contributed by atoms with Gasteiger partial charge in [-0.3, -0.25) is 28.5 Å². The number of carbonyl (C=O) groups excluding carboxylic acids is 3. The highest BCUT2D eigenvalue weighted by Crippen LogP contribution is 2.41. The Balaban J connectivity index is 0.000000913. The minimum absolute atomic E-state index is 0.000802. The molecular weight excluding hydrogens is 416 g/mol. The van der Waals surface area contributed by atoms with Crippen molar-refractivity contribution >= 4 is 24.2 Å². The average molecular weight is 447 g/mol. The topological polar surface area (TPSA) is 129 Å². The number of fused-ring (bicyclic) bond motifs is 4. The van der Waals surface area contributed by atoms with Crippen LogP contribution in [0.4, 0.5) is 0 Å². The number of pyridine rings is 1. The molecule has 3 atom stereocenters. The van der Waals surface area contributed by atoms with Gasteiger partial charge in [0.2, 0.25) is 17.7 Å². The molecule has 0 spiro atoms. The Morgan fingerprint density at radius 2 is 2.00 bits per heavy atom. The molecule has 3 aliphatic rings. The molecule has 174 valence electrons. The molecule has 3 aliphatic heterocycles. The van der Waals surface area contributed by atoms with Gasteiger partial charge >= 0.3 is 0 Å². The lowest BCUT2D eigenvalue weighted by atomic mass is 9.78. The molecule has 10 nitrogen and oxygen atoms in total. The van der Waals surface area contributed by atoms with Gasteiger partial charge in [0.1, 0.15) is 6.04 Å². The number of carboxylic acid groups (broad SMARTS) is 1. The maximum absolute atomic E-state index is 13.1. The van der Waals surface area contributed by atoms with Crippen LogP contribution in [0.3, 0.4) is 0 Å². The third-order valence-electron chi connectivity index (χ3n) is 6.44. The standard InChI is InChI=1S/C21H28N4O4.CH2O2/c1-14(26)24-12-15-11-16(13-24)20(25-17(15)5-2-6-19(25)28)21(29)22-8-4-10-23-9-3-7-18(23)27;2-1-3/h2,5-6,15-16,20H,3-4,7-13H2,1H3,(H,22,29);1H,(H,2,3)/t15-,16+,20-;/m1./s1. The number of aromatic nitrogens is 1. The van der Waals surface area contributed by atoms with Gasteiger partial charge in [0, 0.05) is 69.7 Å². The van der Waals surface area contributed by atoms with Gasteiger partial charge in [-0.25, -0.2) is 0 Å². The number of carbonyl (C=O) groups is 4. The van der Waals surface area contributed by atoms with Crippen LogP contribution in [0, 0.1) is 5.92 Å². The Kier molecular flexibility index (Phi) is 7.66. The van der Waals surface area contributed by atoms with E-state index >= 15 is 0 Å². The fourth-order valence-electron chi connectivity index (χ4n) is 5.05. The van der Waals surface area contributed by atoms with E-state index in [1.165, 1.54) is 6.07 Å². The molecule has 4 rings (SSSR count). The van der Waals surface area contributed by atoms with Crippen molar-refractivity contribution < 1.29 is 24.3 Å². The second kappa shape index (κ2) is 10.4. The van der Waals surface area contributed by atoms with Crippen molar-refractivity contribution in [2.45, 2.75) is 44.6 Å². The second-order valence-corrected chi connectivity index (χ2v) is 8.45. The van der Waals surface area contributed by atoms with Crippen LogP contribution in [-0.2, 0) is 19.2 Å². The minimum Gasteiger partial charge on any atom is -0.483 e. The van der Waals surface area contributed by atoms with Crippen LogP contribution in [0.1, 0.15) is 50.3 Å². The van der Waals surface area contributed by atoms with Crippen LogP contribution >= 0.6 is 0 Å². The fourth-order valence-corrected chi connectivity index (χ4v) is 5.05. The van der Waals surface area contributed by atoms with Crippen molar-refractivity contribution in [2.75, 3.05) is 32.7 Å². The number of rotatable bonds is 5. The van der Waals surface area contributed by atoms with Crippen LogP contribution < -0.4 is 10.9 Å². The second-order valence-electron chi connectivity index (χ2n) is 8.45. The summed E-state index contributed by atoms with van der Waals surface area (Å²) in [7, 11) is 0. The quantitative estimate of drug-likeness (QED) is 0.491. The molecule has 1 aromatic rings. The summed E-state index contributed by atoms with van der Waals surface area (Å²) in [6.07, 6.45) is 3.01. The first-order chi connectivity index (χ1) is 15.4. The van der Waals surface area contributed by atoms with E-state index in [0.29, 0.717) is 39.0 Å². The Hall–Kier alpha value is -3.17. The molecule has 10 heteroatoms. The maximum atomic E-state index is 13.1. The predicted octanol–water partition coefficient (Wildman–Crippen LogP) is 0.185. The first kappa shape index (κ1) is 23.5. The Morgan fingerprint density at radius 3 is 2.66 bits per heavy atom. The van der Waals surface area contributed by atoms with Crippen molar-refractivity contribution in [1.29, 1.82) is 0 Å². The Bertz CT molecular complexity index is 929. The zero-order valence-electron chi connectivity index (χ0n) is 18.2. The van der Waals surface area contributed by atoms with Gasteiger partial charge in [0.15, 0.2) is 0 Å². The number of amides is 3. The zero-order chi connectivity index (χ0) is 23.3. The lowest BCUT2D eigenvalue weighted by molar-refractivity contribution is -0.135. The summed E-state index contributed by atoms with van der Waals surface area (Å²) < 4.78 is 1.63. The van der Waals surface area contributed by atoms with Crippen LogP contribution in [0.2, 0.25) is 0 Å². The fraction of sp³-hybridized carbons (Fsp3) is 0.591. The molecule has 0 unspecified atom stereocenters. The summed E-state index contributed by atoms with van der Waals surface area (Å²) >= 11 is 0. The van der Waals surface area contributed by atoms with Crippen LogP contribution in [-0.4, -0.2) is 76.4 Å². The molecule has 0 saturated carbocycles. The molecule has 2 fully saturated rings. The zero-order valence-corrected chi connectivity index (χ0v) is 18.2. The number of likely N-dealkylation sites (tertiary alicyclic amines) is 2. The highest BCUT2D eigenvalue weighted by atomic mass is 16.3. The normalized spacial score (nSPS) is 23.7. The van der Waals surface area contributed by atoms with E-state index in [1.807, 2.05) is 11.0 Å². The van der Waals surface area contributed by atoms with E-state index in [0.717, 1.165) is 25.1 Å². The third-order valence-corrected chi connectivity index (χ3v) is 6.44. The van der Waals surface area contributed by atoms with Gasteiger partial charge < -0.3 is 20.2 Å². The summed E-state index contributed by atoms with van der Waals surface area (Å²) in [6.45, 7) is 4.28. The van der Waals surface area contributed by atoms with Crippen LogP contribution in [0.5, 0.6) is 0 Å². The summed E-state index contributed by atoms with van der Waals surface area (Å²) in [6, 6.07) is 4.51. The van der Waals surface area contributed by atoms with E-state index in [4.69, 9.17) is 9.90 Å². The molecule has 0 aromatic carbocycles. The summed E-state index contributed by atoms with van der Waals surface area (Å²) in [4.78, 5) is 61.4. The number of hydrogen-bond acceptors (Lipinski definition) is 5. The molecule has 4 heterocycles. The highest BCUT2D eigenvalue weighted by Gasteiger charge is 2.44. The summed E-state index contributed by atoms with van der Waals surface area (Å²) in [5.41, 5.74) is 0.666. The van der Waals surface area contributed by atoms with Gasteiger partial charge in [-0.15, -0.1) is 0 Å². The molecule has 0 aliphatic carbocycles. The lowest BCUT2D eigenvalue weighted by Crippen LogP contribution is -2.54. The van der Waals surface area contributed by atoms with E-state index in [1.54, 1.807) is 22.5 Å². The highest BCUT2D eigenvalue weighted by molar-refractivity contribution is 5.81. The smallest absolute Gasteiger partial charge is 0.290 e. The largest absolute Gasteiger partial charge is 0.483 e. The predicted molar refractivity (Wildman–Crippen MR) is 115 cm³/mol. The Morgan fingerprint density at radius 1 is 1.25 bits per heavy atom. The van der Waals surface area contributed by atoms with E-state index in [9.17, 15) is 19.2 Å². The van der Waals surface area contributed by atoms with Gasteiger partial charge in [0.05, 0.1) is 0 Å². The molecule has 2 bridgehead atoms. The van der Waals surface area contributed by atoms with E-state index in [-0.39, 0.29) is 41.6 Å². The third kappa shape index (κ3) is 5.00. The SMILES string of the molecule is CC(=O)N1C[C@H]2C[C@@H](C1)[C@H](C(=O)NCCCN1CCCC1=O)n1c2cccc1=O.O=CO. The maximum Gasteiger partial charge on any atom is 0.290 e. The molecular formula is C22H30N4O6. The molecule has 3 amide bonds. The minimum atomic E-state index is -0.606. The molecule has 0 radical (unpaired) electrons. The first-order valence-corrected chi connectivity index (χ1v) is 11.0. The van der Waals surface area contributed by atoms with Crippen molar-refractivity contribution in [3.8, 4) is 0 Å². The Labute approximate surface area is 186 Å². The molecule has 2 N–H and O–H groups in total. The monoisotopic (exact) mass is 446 g/mol. The summed E-state index contributed by atoms with van der Waals surface area (Å²) in [5.74, 6) is 0.00543. The van der Waals surface area contributed by atoms with Crippen LogP contribution in [0.25, 0.3) is 0 Å². The molecule has 1 aromatic heterocycles. The lowest BCUT2D eigenvalue weighted by Gasteiger charge is -2.46. The number of nitrogens with zero attached hydrogens (tertiary/aromatic N) is 3. The van der Waals surface area contributed by atoms with Gasteiger partial charge in [0.25, 0.3) is 12.0 Å². The van der Waals surface area contributed by atoms with E-state index in [2.05, 4.69) is 5.32 Å². The van der Waals surface area contributed by atoms with E-state index < -0.39 is 6.04 Å². The number of nitrogens with one attached hydrogen (secondary N) is 1. The van der Waals surface area contributed by atoms with Crippen molar-refractivity contribution in [2.24, 2.45) is 5.92 Å². The van der Waals surface area contributed by atoms with Crippen LogP contribution in [0.15, 0.2) is 23.0 Å². The average Bonchev–Trinajstić information content (AvgIpc) is 3.17. The van der Waals surface area contributed by atoms with Crippen molar-refractivity contribution in [1.82, 2.24) is 19.7 Å². The molecule has 32 heavy (non-hydrogen) atoms. The van der Waals surface area contributed by atoms with Gasteiger partial charge in [-0.2, -0.15) is 0 Å². The molecule has 2 saturated heterocycles.